The smallest absolute Gasteiger partial charge is 0.317 e. The van der Waals surface area contributed by atoms with Crippen LogP contribution in [0, 0.1) is 0 Å². The van der Waals surface area contributed by atoms with Crippen LogP contribution in [-0.2, 0) is 9.59 Å². The van der Waals surface area contributed by atoms with Crippen LogP contribution in [0.4, 0.5) is 0 Å². The normalized spacial score (nSPS) is 20.7. The number of carboxylic acid groups (broad SMARTS) is 1. The third kappa shape index (κ3) is 7.92. The van der Waals surface area contributed by atoms with Crippen LogP contribution in [0.5, 0.6) is 0 Å². The van der Waals surface area contributed by atoms with Crippen molar-refractivity contribution in [1.29, 1.82) is 0 Å². The van der Waals surface area contributed by atoms with Gasteiger partial charge >= 0.3 is 5.97 Å². The zero-order valence-corrected chi connectivity index (χ0v) is 16.2. The molecule has 1 heterocycles. The highest BCUT2D eigenvalue weighted by molar-refractivity contribution is 5.85. The summed E-state index contributed by atoms with van der Waals surface area (Å²) in [5.74, 6) is -0.611. The third-order valence-electron chi connectivity index (χ3n) is 5.41. The van der Waals surface area contributed by atoms with Crippen molar-refractivity contribution in [1.82, 2.24) is 15.1 Å². The molecule has 146 valence electrons. The number of hydrogen-bond donors (Lipinski definition) is 2. The van der Waals surface area contributed by atoms with Gasteiger partial charge in [-0.15, -0.1) is 12.4 Å². The molecule has 6 nitrogen and oxygen atoms in total. The zero-order valence-electron chi connectivity index (χ0n) is 15.4. The Bertz CT molecular complexity index is 406. The Morgan fingerprint density at radius 1 is 1.08 bits per heavy atom. The van der Waals surface area contributed by atoms with E-state index in [2.05, 4.69) is 10.2 Å². The van der Waals surface area contributed by atoms with Crippen LogP contribution in [0.2, 0.25) is 0 Å². The van der Waals surface area contributed by atoms with Crippen molar-refractivity contribution in [3.05, 3.63) is 0 Å². The molecular formula is C18H34ClN3O3. The fraction of sp³-hybridized carbons (Fsp3) is 0.889. The number of nitrogens with zero attached hydrogens (tertiary/aromatic N) is 2. The lowest BCUT2D eigenvalue weighted by molar-refractivity contribution is -0.139. The Morgan fingerprint density at radius 3 is 2.20 bits per heavy atom. The van der Waals surface area contributed by atoms with Gasteiger partial charge in [-0.1, -0.05) is 32.6 Å². The Balaban J connectivity index is 0.00000312. The Hall–Kier alpha value is -0.850. The quantitative estimate of drug-likeness (QED) is 0.667. The number of likely N-dealkylation sites (tertiary alicyclic amines) is 1. The first-order chi connectivity index (χ1) is 11.6. The first-order valence-electron chi connectivity index (χ1n) is 9.56. The average Bonchev–Trinajstić information content (AvgIpc) is 2.82. The number of piperidine rings is 1. The third-order valence-corrected chi connectivity index (χ3v) is 5.41. The Kier molecular flexibility index (Phi) is 10.4. The number of aliphatic carboxylic acids is 1. The van der Waals surface area contributed by atoms with E-state index in [0.717, 1.165) is 45.3 Å². The number of carboxylic acids is 1. The van der Waals surface area contributed by atoms with E-state index in [9.17, 15) is 9.59 Å². The molecule has 1 amide bonds. The molecule has 0 aromatic carbocycles. The maximum absolute atomic E-state index is 12.3. The standard InChI is InChI=1S/C18H33N3O3.ClH/c1-2-21(14-18(23)24)16-9-11-20(12-10-16)13-17(22)19-15-7-5-3-4-6-8-15;/h15-16H,2-14H2,1H3,(H,19,22)(H,23,24);1H. The summed E-state index contributed by atoms with van der Waals surface area (Å²) >= 11 is 0. The van der Waals surface area contributed by atoms with Gasteiger partial charge in [0.05, 0.1) is 13.1 Å². The highest BCUT2D eigenvalue weighted by Crippen LogP contribution is 2.18. The second-order valence-electron chi connectivity index (χ2n) is 7.22. The van der Waals surface area contributed by atoms with E-state index in [4.69, 9.17) is 5.11 Å². The predicted molar refractivity (Wildman–Crippen MR) is 101 cm³/mol. The fourth-order valence-corrected chi connectivity index (χ4v) is 4.02. The molecule has 1 saturated heterocycles. The number of likely N-dealkylation sites (N-methyl/N-ethyl adjacent to an activating group) is 1. The van der Waals surface area contributed by atoms with Crippen molar-refractivity contribution in [2.75, 3.05) is 32.7 Å². The van der Waals surface area contributed by atoms with Crippen LogP contribution in [0.25, 0.3) is 0 Å². The molecule has 1 aliphatic heterocycles. The van der Waals surface area contributed by atoms with E-state index in [0.29, 0.717) is 18.6 Å². The van der Waals surface area contributed by atoms with Crippen LogP contribution in [0.3, 0.4) is 0 Å². The molecular weight excluding hydrogens is 342 g/mol. The number of nitrogens with one attached hydrogen (secondary N) is 1. The summed E-state index contributed by atoms with van der Waals surface area (Å²) in [6, 6.07) is 0.691. The zero-order chi connectivity index (χ0) is 17.4. The van der Waals surface area contributed by atoms with Crippen molar-refractivity contribution in [2.24, 2.45) is 0 Å². The molecule has 0 atom stereocenters. The minimum absolute atomic E-state index is 0. The molecule has 25 heavy (non-hydrogen) atoms. The first kappa shape index (κ1) is 22.2. The summed E-state index contributed by atoms with van der Waals surface area (Å²) in [6.45, 7) is 5.12. The summed E-state index contributed by atoms with van der Waals surface area (Å²) in [5, 5.41) is 12.2. The molecule has 0 bridgehead atoms. The molecule has 0 spiro atoms. The van der Waals surface area contributed by atoms with Gasteiger partial charge in [0.1, 0.15) is 0 Å². The Morgan fingerprint density at radius 2 is 1.68 bits per heavy atom. The van der Waals surface area contributed by atoms with Gasteiger partial charge < -0.3 is 10.4 Å². The fourth-order valence-electron chi connectivity index (χ4n) is 4.02. The molecule has 2 rings (SSSR count). The van der Waals surface area contributed by atoms with Crippen LogP contribution >= 0.6 is 12.4 Å². The van der Waals surface area contributed by atoms with Crippen molar-refractivity contribution in [2.45, 2.75) is 70.4 Å². The van der Waals surface area contributed by atoms with Crippen molar-refractivity contribution in [3.63, 3.8) is 0 Å². The summed E-state index contributed by atoms with van der Waals surface area (Å²) in [4.78, 5) is 27.4. The molecule has 0 radical (unpaired) electrons. The molecule has 0 unspecified atom stereocenters. The van der Waals surface area contributed by atoms with E-state index in [1.165, 1.54) is 25.7 Å². The van der Waals surface area contributed by atoms with Gasteiger partial charge in [-0.2, -0.15) is 0 Å². The minimum atomic E-state index is -0.762. The number of amides is 1. The number of carbonyl (C=O) groups is 2. The number of hydrogen-bond acceptors (Lipinski definition) is 4. The lowest BCUT2D eigenvalue weighted by Gasteiger charge is -2.37. The van der Waals surface area contributed by atoms with Crippen LogP contribution < -0.4 is 5.32 Å². The number of halogens is 1. The molecule has 2 fully saturated rings. The molecule has 1 saturated carbocycles. The van der Waals surface area contributed by atoms with E-state index in [1.54, 1.807) is 0 Å². The molecule has 0 aromatic rings. The van der Waals surface area contributed by atoms with Gasteiger partial charge in [-0.25, -0.2) is 0 Å². The van der Waals surface area contributed by atoms with Gasteiger partial charge in [0.2, 0.25) is 5.91 Å². The van der Waals surface area contributed by atoms with Crippen molar-refractivity contribution in [3.8, 4) is 0 Å². The molecule has 2 aliphatic rings. The Labute approximate surface area is 157 Å². The number of carbonyl (C=O) groups excluding carboxylic acids is 1. The number of rotatable bonds is 7. The van der Waals surface area contributed by atoms with E-state index in [-0.39, 0.29) is 24.9 Å². The minimum Gasteiger partial charge on any atom is -0.480 e. The lowest BCUT2D eigenvalue weighted by Crippen LogP contribution is -2.49. The highest BCUT2D eigenvalue weighted by atomic mass is 35.5. The largest absolute Gasteiger partial charge is 0.480 e. The SMILES string of the molecule is CCN(CC(=O)O)C1CCN(CC(=O)NC2CCCCCC2)CC1.Cl. The van der Waals surface area contributed by atoms with Gasteiger partial charge in [0.25, 0.3) is 0 Å². The van der Waals surface area contributed by atoms with E-state index >= 15 is 0 Å². The highest BCUT2D eigenvalue weighted by Gasteiger charge is 2.26. The van der Waals surface area contributed by atoms with Gasteiger partial charge in [-0.3, -0.25) is 19.4 Å². The van der Waals surface area contributed by atoms with Crippen molar-refractivity contribution >= 4 is 24.3 Å². The second-order valence-corrected chi connectivity index (χ2v) is 7.22. The predicted octanol–water partition coefficient (Wildman–Crippen LogP) is 2.12. The van der Waals surface area contributed by atoms with Crippen LogP contribution in [-0.4, -0.2) is 71.6 Å². The van der Waals surface area contributed by atoms with Gasteiger partial charge in [-0.05, 0) is 32.2 Å². The summed E-state index contributed by atoms with van der Waals surface area (Å²) in [6.07, 6.45) is 9.17. The maximum Gasteiger partial charge on any atom is 0.317 e. The topological polar surface area (TPSA) is 72.9 Å². The summed E-state index contributed by atoms with van der Waals surface area (Å²) in [7, 11) is 0. The maximum atomic E-state index is 12.3. The van der Waals surface area contributed by atoms with E-state index < -0.39 is 5.97 Å². The molecule has 0 aromatic heterocycles. The lowest BCUT2D eigenvalue weighted by atomic mass is 10.0. The molecule has 7 heteroatoms. The molecule has 1 aliphatic carbocycles. The molecule has 2 N–H and O–H groups in total. The van der Waals surface area contributed by atoms with Crippen LogP contribution in [0.1, 0.15) is 58.3 Å². The van der Waals surface area contributed by atoms with E-state index in [1.807, 2.05) is 11.8 Å². The average molecular weight is 376 g/mol. The monoisotopic (exact) mass is 375 g/mol. The summed E-state index contributed by atoms with van der Waals surface area (Å²) in [5.41, 5.74) is 0. The summed E-state index contributed by atoms with van der Waals surface area (Å²) < 4.78 is 0. The van der Waals surface area contributed by atoms with Gasteiger partial charge in [0, 0.05) is 25.2 Å². The first-order valence-corrected chi connectivity index (χ1v) is 9.56. The van der Waals surface area contributed by atoms with Crippen LogP contribution in [0.15, 0.2) is 0 Å². The van der Waals surface area contributed by atoms with Gasteiger partial charge in [0.15, 0.2) is 0 Å². The van der Waals surface area contributed by atoms with Crippen molar-refractivity contribution < 1.29 is 14.7 Å². The second kappa shape index (κ2) is 11.7.